The largest absolute Gasteiger partial charge is 0.341 e. The molecule has 1 aromatic heterocycles. The normalized spacial score (nSPS) is 19.0. The second kappa shape index (κ2) is 7.90. The van der Waals surface area contributed by atoms with E-state index >= 15 is 0 Å². The molecule has 146 valence electrons. The minimum atomic E-state index is 0.100. The number of nitrogens with zero attached hydrogens (tertiary/aromatic N) is 3. The first-order valence-corrected chi connectivity index (χ1v) is 10.1. The van der Waals surface area contributed by atoms with E-state index in [1.54, 1.807) is 0 Å². The van der Waals surface area contributed by atoms with Crippen LogP contribution in [0.4, 0.5) is 0 Å². The van der Waals surface area contributed by atoms with Crippen LogP contribution in [-0.2, 0) is 6.54 Å². The van der Waals surface area contributed by atoms with E-state index in [4.69, 9.17) is 4.98 Å². The predicted octanol–water partition coefficient (Wildman–Crippen LogP) is 4.73. The zero-order valence-corrected chi connectivity index (χ0v) is 17.1. The maximum absolute atomic E-state index is 4.80. The summed E-state index contributed by atoms with van der Waals surface area (Å²) in [7, 11) is 0. The number of piperazine rings is 1. The smallest absolute Gasteiger partial charge is 0.125 e. The van der Waals surface area contributed by atoms with Crippen LogP contribution in [0.15, 0.2) is 66.9 Å². The Bertz CT molecular complexity index is 880. The number of H-pyrrole nitrogens is 1. The first kappa shape index (κ1) is 18.9. The predicted molar refractivity (Wildman–Crippen MR) is 115 cm³/mol. The second-order valence-corrected chi connectivity index (χ2v) is 8.65. The summed E-state index contributed by atoms with van der Waals surface area (Å²) in [6, 6.07) is 21.4. The second-order valence-electron chi connectivity index (χ2n) is 8.65. The van der Waals surface area contributed by atoms with E-state index in [2.05, 4.69) is 90.2 Å². The summed E-state index contributed by atoms with van der Waals surface area (Å²) in [5, 5.41) is 0. The van der Waals surface area contributed by atoms with Gasteiger partial charge in [-0.2, -0.15) is 0 Å². The third-order valence-electron chi connectivity index (χ3n) is 5.57. The number of aromatic amines is 1. The highest BCUT2D eigenvalue weighted by Gasteiger charge is 2.36. The molecule has 4 nitrogen and oxygen atoms in total. The van der Waals surface area contributed by atoms with Gasteiger partial charge in [0.25, 0.3) is 0 Å². The molecule has 0 spiro atoms. The van der Waals surface area contributed by atoms with Crippen LogP contribution in [0.1, 0.15) is 38.2 Å². The number of rotatable bonds is 4. The van der Waals surface area contributed by atoms with Crippen molar-refractivity contribution < 1.29 is 0 Å². The summed E-state index contributed by atoms with van der Waals surface area (Å²) in [5.74, 6) is 1.06. The van der Waals surface area contributed by atoms with Crippen LogP contribution in [0.25, 0.3) is 11.3 Å². The zero-order chi connectivity index (χ0) is 19.6. The molecular weight excluding hydrogens is 344 g/mol. The molecule has 1 saturated heterocycles. The SMILES string of the molecule is CC(C)(C)N1CCN(Cc2ccccc2)CC1c1ncc(-c2ccccc2)[nH]1. The van der Waals surface area contributed by atoms with Crippen LogP contribution in [0.5, 0.6) is 0 Å². The summed E-state index contributed by atoms with van der Waals surface area (Å²) < 4.78 is 0. The monoisotopic (exact) mass is 374 g/mol. The first-order chi connectivity index (χ1) is 13.5. The van der Waals surface area contributed by atoms with E-state index in [9.17, 15) is 0 Å². The van der Waals surface area contributed by atoms with Crippen molar-refractivity contribution in [1.29, 1.82) is 0 Å². The van der Waals surface area contributed by atoms with Gasteiger partial charge in [-0.05, 0) is 31.9 Å². The number of imidazole rings is 1. The van der Waals surface area contributed by atoms with Gasteiger partial charge >= 0.3 is 0 Å². The van der Waals surface area contributed by atoms with Crippen molar-refractivity contribution in [2.45, 2.75) is 38.9 Å². The Labute approximate surface area is 168 Å². The Morgan fingerprint density at radius 2 is 1.64 bits per heavy atom. The molecule has 2 heterocycles. The van der Waals surface area contributed by atoms with E-state index in [-0.39, 0.29) is 11.6 Å². The van der Waals surface area contributed by atoms with Crippen LogP contribution < -0.4 is 0 Å². The Balaban J connectivity index is 1.58. The summed E-state index contributed by atoms with van der Waals surface area (Å²) in [6.07, 6.45) is 1.97. The van der Waals surface area contributed by atoms with E-state index in [1.807, 2.05) is 12.3 Å². The minimum Gasteiger partial charge on any atom is -0.341 e. The quantitative estimate of drug-likeness (QED) is 0.717. The average Bonchev–Trinajstić information content (AvgIpc) is 3.19. The molecule has 2 aromatic carbocycles. The van der Waals surface area contributed by atoms with Crippen LogP contribution in [0.2, 0.25) is 0 Å². The molecule has 1 aliphatic heterocycles. The number of aromatic nitrogens is 2. The molecule has 0 bridgehead atoms. The number of hydrogen-bond acceptors (Lipinski definition) is 3. The third-order valence-corrected chi connectivity index (χ3v) is 5.57. The molecule has 28 heavy (non-hydrogen) atoms. The summed E-state index contributed by atoms with van der Waals surface area (Å²) in [4.78, 5) is 13.5. The lowest BCUT2D eigenvalue weighted by molar-refractivity contribution is 0.00265. The summed E-state index contributed by atoms with van der Waals surface area (Å²) in [6.45, 7) is 11.0. The van der Waals surface area contributed by atoms with E-state index in [1.165, 1.54) is 11.1 Å². The Morgan fingerprint density at radius 3 is 2.32 bits per heavy atom. The molecule has 4 rings (SSSR count). The highest BCUT2D eigenvalue weighted by Crippen LogP contribution is 2.32. The van der Waals surface area contributed by atoms with Gasteiger partial charge in [0.1, 0.15) is 5.82 Å². The molecule has 3 aromatic rings. The van der Waals surface area contributed by atoms with Crippen molar-refractivity contribution in [2.24, 2.45) is 0 Å². The molecule has 4 heteroatoms. The Morgan fingerprint density at radius 1 is 0.964 bits per heavy atom. The Hall–Kier alpha value is -2.43. The fraction of sp³-hybridized carbons (Fsp3) is 0.375. The van der Waals surface area contributed by atoms with Gasteiger partial charge in [-0.25, -0.2) is 4.98 Å². The van der Waals surface area contributed by atoms with Crippen LogP contribution in [0.3, 0.4) is 0 Å². The summed E-state index contributed by atoms with van der Waals surface area (Å²) >= 11 is 0. The van der Waals surface area contributed by atoms with Crippen molar-refractivity contribution in [1.82, 2.24) is 19.8 Å². The van der Waals surface area contributed by atoms with Crippen molar-refractivity contribution in [3.8, 4) is 11.3 Å². The zero-order valence-electron chi connectivity index (χ0n) is 17.1. The average molecular weight is 375 g/mol. The van der Waals surface area contributed by atoms with Crippen LogP contribution in [0, 0.1) is 0 Å². The van der Waals surface area contributed by atoms with E-state index in [0.717, 1.165) is 37.7 Å². The van der Waals surface area contributed by atoms with Crippen LogP contribution in [-0.4, -0.2) is 44.9 Å². The molecule has 0 amide bonds. The summed E-state index contributed by atoms with van der Waals surface area (Å²) in [5.41, 5.74) is 3.74. The van der Waals surface area contributed by atoms with Gasteiger partial charge in [0.05, 0.1) is 17.9 Å². The first-order valence-electron chi connectivity index (χ1n) is 10.1. The maximum Gasteiger partial charge on any atom is 0.125 e. The molecule has 1 atom stereocenters. The minimum absolute atomic E-state index is 0.100. The van der Waals surface area contributed by atoms with Gasteiger partial charge in [0.2, 0.25) is 0 Å². The fourth-order valence-corrected chi connectivity index (χ4v) is 4.13. The molecule has 0 aliphatic carbocycles. The van der Waals surface area contributed by atoms with Crippen molar-refractivity contribution in [3.05, 3.63) is 78.2 Å². The maximum atomic E-state index is 4.80. The van der Waals surface area contributed by atoms with E-state index < -0.39 is 0 Å². The number of hydrogen-bond donors (Lipinski definition) is 1. The van der Waals surface area contributed by atoms with Gasteiger partial charge in [0.15, 0.2) is 0 Å². The van der Waals surface area contributed by atoms with Gasteiger partial charge in [-0.3, -0.25) is 9.80 Å². The van der Waals surface area contributed by atoms with Crippen molar-refractivity contribution in [2.75, 3.05) is 19.6 Å². The van der Waals surface area contributed by atoms with Gasteiger partial charge in [0, 0.05) is 31.7 Å². The lowest BCUT2D eigenvalue weighted by Crippen LogP contribution is -2.55. The molecule has 0 saturated carbocycles. The van der Waals surface area contributed by atoms with Crippen molar-refractivity contribution in [3.63, 3.8) is 0 Å². The highest BCUT2D eigenvalue weighted by atomic mass is 15.3. The standard InChI is InChI=1S/C24H30N4/c1-24(2,3)28-15-14-27(17-19-10-6-4-7-11-19)18-22(28)23-25-16-21(26-23)20-12-8-5-9-13-20/h4-13,16,22H,14-15,17-18H2,1-3H3,(H,25,26). The third kappa shape index (κ3) is 4.18. The number of nitrogens with one attached hydrogen (secondary N) is 1. The molecule has 1 N–H and O–H groups in total. The fourth-order valence-electron chi connectivity index (χ4n) is 4.13. The lowest BCUT2D eigenvalue weighted by Gasteiger charge is -2.47. The van der Waals surface area contributed by atoms with Gasteiger partial charge in [-0.1, -0.05) is 60.7 Å². The van der Waals surface area contributed by atoms with Crippen molar-refractivity contribution >= 4 is 0 Å². The molecule has 1 unspecified atom stereocenters. The molecule has 1 aliphatic rings. The number of benzene rings is 2. The van der Waals surface area contributed by atoms with Gasteiger partial charge in [-0.15, -0.1) is 0 Å². The molecule has 0 radical (unpaired) electrons. The van der Waals surface area contributed by atoms with E-state index in [0.29, 0.717) is 0 Å². The molecule has 1 fully saturated rings. The highest BCUT2D eigenvalue weighted by molar-refractivity contribution is 5.58. The lowest BCUT2D eigenvalue weighted by atomic mass is 9.99. The van der Waals surface area contributed by atoms with Crippen LogP contribution >= 0.6 is 0 Å². The topological polar surface area (TPSA) is 35.2 Å². The molecular formula is C24H30N4. The Kier molecular flexibility index (Phi) is 5.33. The van der Waals surface area contributed by atoms with Gasteiger partial charge < -0.3 is 4.98 Å².